The van der Waals surface area contributed by atoms with Gasteiger partial charge in [-0.3, -0.25) is 0 Å². The first kappa shape index (κ1) is 9.19. The summed E-state index contributed by atoms with van der Waals surface area (Å²) >= 11 is 0. The van der Waals surface area contributed by atoms with Gasteiger partial charge in [-0.2, -0.15) is 0 Å². The predicted octanol–water partition coefficient (Wildman–Crippen LogP) is 2.78. The molecule has 1 aromatic rings. The maximum Gasteiger partial charge on any atom is 0.123 e. The molecule has 74 valence electrons. The van der Waals surface area contributed by atoms with Crippen molar-refractivity contribution in [3.05, 3.63) is 35.6 Å². The van der Waals surface area contributed by atoms with Crippen molar-refractivity contribution in [2.24, 2.45) is 11.1 Å². The van der Waals surface area contributed by atoms with E-state index in [4.69, 9.17) is 5.21 Å². The second-order valence-electron chi connectivity index (χ2n) is 3.74. The Morgan fingerprint density at radius 3 is 2.64 bits per heavy atom. The lowest BCUT2D eigenvalue weighted by atomic mass is 10.1. The molecular weight excluding hydrogens is 181 g/mol. The second-order valence-corrected chi connectivity index (χ2v) is 3.74. The Morgan fingerprint density at radius 2 is 2.07 bits per heavy atom. The Morgan fingerprint density at radius 1 is 1.43 bits per heavy atom. The first-order valence-electron chi connectivity index (χ1n) is 4.66. The van der Waals surface area contributed by atoms with Crippen LogP contribution in [0.25, 0.3) is 0 Å². The standard InChI is InChI=1S/C11H12FNO/c1-7(13-14)10-6-11(10)8-2-4-9(12)5-3-8/h2-5,10-11,14H,6H2,1H3/b13-7-/t10-,11-/m1/s1. The van der Waals surface area contributed by atoms with Gasteiger partial charge in [-0.15, -0.1) is 0 Å². The van der Waals surface area contributed by atoms with Gasteiger partial charge in [0.1, 0.15) is 5.82 Å². The van der Waals surface area contributed by atoms with E-state index in [1.165, 1.54) is 12.1 Å². The van der Waals surface area contributed by atoms with Crippen LogP contribution in [-0.2, 0) is 0 Å². The zero-order chi connectivity index (χ0) is 10.1. The number of halogens is 1. The van der Waals surface area contributed by atoms with Crippen LogP contribution in [0.2, 0.25) is 0 Å². The van der Waals surface area contributed by atoms with Gasteiger partial charge in [0, 0.05) is 5.92 Å². The molecule has 2 atom stereocenters. The van der Waals surface area contributed by atoms with E-state index in [9.17, 15) is 4.39 Å². The highest BCUT2D eigenvalue weighted by molar-refractivity contribution is 5.87. The molecule has 0 radical (unpaired) electrons. The van der Waals surface area contributed by atoms with Crippen molar-refractivity contribution in [2.45, 2.75) is 19.3 Å². The maximum atomic E-state index is 12.6. The summed E-state index contributed by atoms with van der Waals surface area (Å²) in [6.07, 6.45) is 1.00. The van der Waals surface area contributed by atoms with Gasteiger partial charge in [0.25, 0.3) is 0 Å². The summed E-state index contributed by atoms with van der Waals surface area (Å²) in [5.74, 6) is 0.537. The molecule has 3 heteroatoms. The van der Waals surface area contributed by atoms with Crippen LogP contribution in [0.4, 0.5) is 4.39 Å². The maximum absolute atomic E-state index is 12.6. The van der Waals surface area contributed by atoms with E-state index in [-0.39, 0.29) is 5.82 Å². The highest BCUT2D eigenvalue weighted by Crippen LogP contribution is 2.48. The summed E-state index contributed by atoms with van der Waals surface area (Å²) in [6, 6.07) is 6.53. The number of oxime groups is 1. The molecule has 2 rings (SSSR count). The number of rotatable bonds is 2. The van der Waals surface area contributed by atoms with Crippen LogP contribution in [0.3, 0.4) is 0 Å². The molecule has 1 aliphatic rings. The van der Waals surface area contributed by atoms with Crippen molar-refractivity contribution >= 4 is 5.71 Å². The summed E-state index contributed by atoms with van der Waals surface area (Å²) in [5.41, 5.74) is 1.89. The lowest BCUT2D eigenvalue weighted by molar-refractivity contribution is 0.316. The molecule has 1 aromatic carbocycles. The SMILES string of the molecule is C/C(=N/O)[C@H]1C[C@@H]1c1ccc(F)cc1. The Hall–Kier alpha value is -1.38. The summed E-state index contributed by atoms with van der Waals surface area (Å²) in [4.78, 5) is 0. The van der Waals surface area contributed by atoms with Gasteiger partial charge in [0.15, 0.2) is 0 Å². The smallest absolute Gasteiger partial charge is 0.123 e. The van der Waals surface area contributed by atoms with Crippen molar-refractivity contribution in [2.75, 3.05) is 0 Å². The molecule has 0 spiro atoms. The number of nitrogens with zero attached hydrogens (tertiary/aromatic N) is 1. The van der Waals surface area contributed by atoms with E-state index in [0.29, 0.717) is 11.8 Å². The highest BCUT2D eigenvalue weighted by atomic mass is 19.1. The molecule has 1 saturated carbocycles. The second kappa shape index (κ2) is 3.40. The zero-order valence-electron chi connectivity index (χ0n) is 7.94. The van der Waals surface area contributed by atoms with Crippen LogP contribution in [-0.4, -0.2) is 10.9 Å². The average molecular weight is 193 g/mol. The van der Waals surface area contributed by atoms with Gasteiger partial charge < -0.3 is 5.21 Å². The highest BCUT2D eigenvalue weighted by Gasteiger charge is 2.40. The normalized spacial score (nSPS) is 26.3. The van der Waals surface area contributed by atoms with E-state index in [0.717, 1.165) is 17.7 Å². The molecule has 0 heterocycles. The number of benzene rings is 1. The monoisotopic (exact) mass is 193 g/mol. The van der Waals surface area contributed by atoms with E-state index >= 15 is 0 Å². The van der Waals surface area contributed by atoms with Gasteiger partial charge in [-0.1, -0.05) is 17.3 Å². The molecule has 0 aliphatic heterocycles. The molecule has 14 heavy (non-hydrogen) atoms. The van der Waals surface area contributed by atoms with Gasteiger partial charge in [-0.05, 0) is 37.0 Å². The van der Waals surface area contributed by atoms with Crippen LogP contribution in [0.15, 0.2) is 29.4 Å². The van der Waals surface area contributed by atoms with Crippen LogP contribution in [0, 0.1) is 11.7 Å². The summed E-state index contributed by atoms with van der Waals surface area (Å²) in [6.45, 7) is 1.81. The van der Waals surface area contributed by atoms with Crippen LogP contribution >= 0.6 is 0 Å². The Kier molecular flexibility index (Phi) is 2.23. The van der Waals surface area contributed by atoms with E-state index in [1.54, 1.807) is 12.1 Å². The average Bonchev–Trinajstić information content (AvgIpc) is 2.98. The lowest BCUT2D eigenvalue weighted by Crippen LogP contribution is -1.96. The third-order valence-electron chi connectivity index (χ3n) is 2.78. The Bertz CT molecular complexity index is 358. The quantitative estimate of drug-likeness (QED) is 0.437. The molecule has 0 saturated heterocycles. The van der Waals surface area contributed by atoms with Crippen molar-refractivity contribution in [1.82, 2.24) is 0 Å². The molecule has 0 amide bonds. The van der Waals surface area contributed by atoms with E-state index < -0.39 is 0 Å². The van der Waals surface area contributed by atoms with Crippen LogP contribution < -0.4 is 0 Å². The minimum atomic E-state index is -0.210. The lowest BCUT2D eigenvalue weighted by Gasteiger charge is -1.98. The van der Waals surface area contributed by atoms with Gasteiger partial charge in [0.05, 0.1) is 5.71 Å². The van der Waals surface area contributed by atoms with Gasteiger partial charge in [0.2, 0.25) is 0 Å². The van der Waals surface area contributed by atoms with Crippen LogP contribution in [0.1, 0.15) is 24.8 Å². The number of hydrogen-bond acceptors (Lipinski definition) is 2. The molecule has 0 bridgehead atoms. The van der Waals surface area contributed by atoms with E-state index in [2.05, 4.69) is 5.16 Å². The molecule has 2 nitrogen and oxygen atoms in total. The summed E-state index contributed by atoms with van der Waals surface area (Å²) < 4.78 is 12.6. The fourth-order valence-corrected chi connectivity index (χ4v) is 1.81. The molecule has 1 N–H and O–H groups in total. The van der Waals surface area contributed by atoms with Crippen molar-refractivity contribution in [1.29, 1.82) is 0 Å². The fourth-order valence-electron chi connectivity index (χ4n) is 1.81. The van der Waals surface area contributed by atoms with Gasteiger partial charge >= 0.3 is 0 Å². The minimum Gasteiger partial charge on any atom is -0.411 e. The minimum absolute atomic E-state index is 0.210. The third-order valence-corrected chi connectivity index (χ3v) is 2.78. The third kappa shape index (κ3) is 1.62. The topological polar surface area (TPSA) is 32.6 Å². The Labute approximate surface area is 82.1 Å². The zero-order valence-corrected chi connectivity index (χ0v) is 7.94. The summed E-state index contributed by atoms with van der Waals surface area (Å²) in [7, 11) is 0. The summed E-state index contributed by atoms with van der Waals surface area (Å²) in [5, 5.41) is 11.8. The molecule has 0 unspecified atom stereocenters. The van der Waals surface area contributed by atoms with Crippen molar-refractivity contribution in [3.63, 3.8) is 0 Å². The van der Waals surface area contributed by atoms with Crippen molar-refractivity contribution < 1.29 is 9.60 Å². The molecular formula is C11H12FNO. The molecule has 0 aromatic heterocycles. The molecule has 1 fully saturated rings. The Balaban J connectivity index is 2.10. The number of hydrogen-bond donors (Lipinski definition) is 1. The van der Waals surface area contributed by atoms with Crippen LogP contribution in [0.5, 0.6) is 0 Å². The van der Waals surface area contributed by atoms with Crippen molar-refractivity contribution in [3.8, 4) is 0 Å². The van der Waals surface area contributed by atoms with Gasteiger partial charge in [-0.25, -0.2) is 4.39 Å². The fraction of sp³-hybridized carbons (Fsp3) is 0.364. The largest absolute Gasteiger partial charge is 0.411 e. The molecule has 1 aliphatic carbocycles. The first-order chi connectivity index (χ1) is 6.72. The van der Waals surface area contributed by atoms with E-state index in [1.807, 2.05) is 6.92 Å². The predicted molar refractivity (Wildman–Crippen MR) is 52.1 cm³/mol. The first-order valence-corrected chi connectivity index (χ1v) is 4.66.